The number of nitrogens with zero attached hydrogens (tertiary/aromatic N) is 1. The van der Waals surface area contributed by atoms with Crippen LogP contribution in [0.15, 0.2) is 29.4 Å². The number of carbonyl (C=O) groups excluding carboxylic acids is 1. The number of nitrogens with one attached hydrogen (secondary N) is 1. The normalized spacial score (nSPS) is 14.9. The van der Waals surface area contributed by atoms with E-state index >= 15 is 0 Å². The average Bonchev–Trinajstić information content (AvgIpc) is 3.10. The van der Waals surface area contributed by atoms with Crippen LogP contribution in [0.5, 0.6) is 0 Å². The minimum absolute atomic E-state index is 0.0150. The number of oxime groups is 1. The molecule has 0 atom stereocenters. The summed E-state index contributed by atoms with van der Waals surface area (Å²) in [6, 6.07) is 8.23. The van der Waals surface area contributed by atoms with Crippen LogP contribution >= 0.6 is 0 Å². The van der Waals surface area contributed by atoms with Crippen molar-refractivity contribution in [3.63, 3.8) is 0 Å². The van der Waals surface area contributed by atoms with Crippen LogP contribution in [-0.2, 0) is 9.63 Å². The lowest BCUT2D eigenvalue weighted by molar-refractivity contribution is -0.125. The summed E-state index contributed by atoms with van der Waals surface area (Å²) in [6.45, 7) is 1.99. The molecule has 1 amide bonds. The van der Waals surface area contributed by atoms with Gasteiger partial charge in [-0.05, 0) is 30.9 Å². The molecule has 1 aromatic rings. The van der Waals surface area contributed by atoms with Crippen molar-refractivity contribution in [2.24, 2.45) is 5.16 Å². The van der Waals surface area contributed by atoms with Crippen molar-refractivity contribution in [2.75, 3.05) is 6.61 Å². The van der Waals surface area contributed by atoms with Gasteiger partial charge >= 0.3 is 0 Å². The van der Waals surface area contributed by atoms with Crippen LogP contribution in [0.4, 0.5) is 0 Å². The van der Waals surface area contributed by atoms with Crippen molar-refractivity contribution in [1.82, 2.24) is 5.32 Å². The second-order valence-electron chi connectivity index (χ2n) is 4.21. The van der Waals surface area contributed by atoms with Gasteiger partial charge in [-0.1, -0.05) is 29.4 Å². The fraction of sp³-hybridized carbons (Fsp3) is 0.385. The fourth-order valence-electron chi connectivity index (χ4n) is 1.42. The van der Waals surface area contributed by atoms with E-state index in [1.807, 2.05) is 31.2 Å². The molecule has 0 unspecified atom stereocenters. The second-order valence-corrected chi connectivity index (χ2v) is 4.21. The van der Waals surface area contributed by atoms with Gasteiger partial charge in [0.1, 0.15) is 0 Å². The maximum Gasteiger partial charge on any atom is 0.260 e. The number of hydrogen-bond acceptors (Lipinski definition) is 3. The molecule has 0 aromatic heterocycles. The molecule has 2 rings (SSSR count). The standard InChI is InChI=1S/C13H16N2O2/c1-10-4-2-3-5-11(10)8-14-17-9-13(16)15-12-6-7-12/h2-5,8,12H,6-7,9H2,1H3,(H,15,16)/b14-8-. The van der Waals surface area contributed by atoms with Gasteiger partial charge in [0.25, 0.3) is 5.91 Å². The monoisotopic (exact) mass is 232 g/mol. The number of hydrogen-bond donors (Lipinski definition) is 1. The molecule has 0 radical (unpaired) electrons. The molecule has 1 N–H and O–H groups in total. The highest BCUT2D eigenvalue weighted by atomic mass is 16.6. The highest BCUT2D eigenvalue weighted by Crippen LogP contribution is 2.18. The Hall–Kier alpha value is -1.84. The van der Waals surface area contributed by atoms with Crippen LogP contribution < -0.4 is 5.32 Å². The molecule has 90 valence electrons. The maximum atomic E-state index is 11.3. The molecular weight excluding hydrogens is 216 g/mol. The zero-order valence-electron chi connectivity index (χ0n) is 9.85. The second kappa shape index (κ2) is 5.48. The van der Waals surface area contributed by atoms with Gasteiger partial charge in [-0.25, -0.2) is 0 Å². The summed E-state index contributed by atoms with van der Waals surface area (Å²) in [5.74, 6) is -0.102. The highest BCUT2D eigenvalue weighted by Gasteiger charge is 2.23. The van der Waals surface area contributed by atoms with Gasteiger partial charge in [-0.15, -0.1) is 0 Å². The van der Waals surface area contributed by atoms with Gasteiger partial charge in [0.05, 0.1) is 6.21 Å². The van der Waals surface area contributed by atoms with Crippen LogP contribution in [0.3, 0.4) is 0 Å². The Morgan fingerprint density at radius 2 is 2.29 bits per heavy atom. The zero-order valence-corrected chi connectivity index (χ0v) is 9.85. The highest BCUT2D eigenvalue weighted by molar-refractivity contribution is 5.81. The first kappa shape index (κ1) is 11.6. The third kappa shape index (κ3) is 3.90. The number of carbonyl (C=O) groups is 1. The van der Waals surface area contributed by atoms with E-state index in [0.29, 0.717) is 6.04 Å². The van der Waals surface area contributed by atoms with Gasteiger partial charge in [-0.3, -0.25) is 4.79 Å². The van der Waals surface area contributed by atoms with E-state index in [0.717, 1.165) is 24.0 Å². The summed E-state index contributed by atoms with van der Waals surface area (Å²) in [5, 5.41) is 6.61. The van der Waals surface area contributed by atoms with Crippen molar-refractivity contribution in [2.45, 2.75) is 25.8 Å². The summed E-state index contributed by atoms with van der Waals surface area (Å²) in [5.41, 5.74) is 2.12. The van der Waals surface area contributed by atoms with Crippen molar-refractivity contribution < 1.29 is 9.63 Å². The first-order chi connectivity index (χ1) is 8.25. The Morgan fingerprint density at radius 1 is 1.53 bits per heavy atom. The number of benzene rings is 1. The summed E-state index contributed by atoms with van der Waals surface area (Å²) in [6.07, 6.45) is 3.79. The third-order valence-corrected chi connectivity index (χ3v) is 2.59. The lowest BCUT2D eigenvalue weighted by atomic mass is 10.1. The van der Waals surface area contributed by atoms with E-state index in [9.17, 15) is 4.79 Å². The molecule has 1 aliphatic carbocycles. The third-order valence-electron chi connectivity index (χ3n) is 2.59. The first-order valence-electron chi connectivity index (χ1n) is 5.76. The quantitative estimate of drug-likeness (QED) is 0.619. The molecule has 0 bridgehead atoms. The van der Waals surface area contributed by atoms with Gasteiger partial charge in [0, 0.05) is 6.04 Å². The minimum atomic E-state index is -0.102. The number of rotatable bonds is 5. The lowest BCUT2D eigenvalue weighted by Crippen LogP contribution is -2.28. The van der Waals surface area contributed by atoms with Crippen LogP contribution in [-0.4, -0.2) is 24.8 Å². The molecule has 17 heavy (non-hydrogen) atoms. The van der Waals surface area contributed by atoms with Crippen molar-refractivity contribution in [1.29, 1.82) is 0 Å². The van der Waals surface area contributed by atoms with Gasteiger partial charge < -0.3 is 10.2 Å². The molecule has 1 aliphatic rings. The summed E-state index contributed by atoms with van der Waals surface area (Å²) in [4.78, 5) is 16.2. The average molecular weight is 232 g/mol. The Labute approximate surface area is 101 Å². The van der Waals surface area contributed by atoms with Crippen LogP contribution in [0.1, 0.15) is 24.0 Å². The van der Waals surface area contributed by atoms with E-state index in [4.69, 9.17) is 4.84 Å². The Bertz CT molecular complexity index is 425. The maximum absolute atomic E-state index is 11.3. The van der Waals surface area contributed by atoms with Crippen molar-refractivity contribution in [3.8, 4) is 0 Å². The van der Waals surface area contributed by atoms with E-state index in [-0.39, 0.29) is 12.5 Å². The summed E-state index contributed by atoms with van der Waals surface area (Å²) in [7, 11) is 0. The van der Waals surface area contributed by atoms with E-state index in [1.165, 1.54) is 0 Å². The Morgan fingerprint density at radius 3 is 3.00 bits per heavy atom. The van der Waals surface area contributed by atoms with Crippen LogP contribution in [0.2, 0.25) is 0 Å². The smallest absolute Gasteiger partial charge is 0.260 e. The molecule has 4 heteroatoms. The number of amides is 1. The van der Waals surface area contributed by atoms with E-state index in [1.54, 1.807) is 6.21 Å². The zero-order chi connectivity index (χ0) is 12.1. The largest absolute Gasteiger partial charge is 0.386 e. The molecule has 0 aliphatic heterocycles. The SMILES string of the molecule is Cc1ccccc1/C=N\OCC(=O)NC1CC1. The Balaban J connectivity index is 1.73. The molecule has 4 nitrogen and oxygen atoms in total. The summed E-state index contributed by atoms with van der Waals surface area (Å²) >= 11 is 0. The van der Waals surface area contributed by atoms with Crippen molar-refractivity contribution in [3.05, 3.63) is 35.4 Å². The minimum Gasteiger partial charge on any atom is -0.386 e. The topological polar surface area (TPSA) is 50.7 Å². The van der Waals surface area contributed by atoms with Crippen LogP contribution in [0, 0.1) is 6.92 Å². The summed E-state index contributed by atoms with van der Waals surface area (Å²) < 4.78 is 0. The molecule has 1 aromatic carbocycles. The van der Waals surface area contributed by atoms with Gasteiger partial charge in [0.2, 0.25) is 0 Å². The fourth-order valence-corrected chi connectivity index (χ4v) is 1.42. The Kier molecular flexibility index (Phi) is 3.75. The molecule has 0 spiro atoms. The predicted octanol–water partition coefficient (Wildman–Crippen LogP) is 1.62. The van der Waals surface area contributed by atoms with E-state index in [2.05, 4.69) is 10.5 Å². The van der Waals surface area contributed by atoms with E-state index < -0.39 is 0 Å². The first-order valence-corrected chi connectivity index (χ1v) is 5.76. The molecule has 1 fully saturated rings. The molecule has 0 heterocycles. The van der Waals surface area contributed by atoms with Gasteiger partial charge in [0.15, 0.2) is 6.61 Å². The molecular formula is C13H16N2O2. The van der Waals surface area contributed by atoms with Crippen LogP contribution in [0.25, 0.3) is 0 Å². The number of aryl methyl sites for hydroxylation is 1. The molecule has 1 saturated carbocycles. The molecule has 0 saturated heterocycles. The van der Waals surface area contributed by atoms with Gasteiger partial charge in [-0.2, -0.15) is 0 Å². The van der Waals surface area contributed by atoms with Crippen molar-refractivity contribution >= 4 is 12.1 Å². The predicted molar refractivity (Wildman–Crippen MR) is 65.9 cm³/mol. The lowest BCUT2D eigenvalue weighted by Gasteiger charge is -2.01.